The normalized spacial score (nSPS) is 21.9. The van der Waals surface area contributed by atoms with Crippen LogP contribution in [0.4, 0.5) is 0 Å². The molecule has 2 atom stereocenters. The van der Waals surface area contributed by atoms with Crippen LogP contribution in [0.15, 0.2) is 12.2 Å². The van der Waals surface area contributed by atoms with Crippen molar-refractivity contribution in [3.8, 4) is 0 Å². The quantitative estimate of drug-likeness (QED) is 0.398. The fraction of sp³-hybridized carbons (Fsp3) is 0.500. The van der Waals surface area contributed by atoms with E-state index in [0.717, 1.165) is 0 Å². The third kappa shape index (κ3) is 3.14. The van der Waals surface area contributed by atoms with E-state index in [1.807, 2.05) is 0 Å². The summed E-state index contributed by atoms with van der Waals surface area (Å²) in [5.74, 6) is -12.2. The summed E-state index contributed by atoms with van der Waals surface area (Å²) in [5, 5.41) is 35.9. The fourth-order valence-electron chi connectivity index (χ4n) is 2.57. The van der Waals surface area contributed by atoms with Crippen LogP contribution in [0, 0.1) is 23.7 Å². The van der Waals surface area contributed by atoms with Gasteiger partial charge in [0.15, 0.2) is 11.8 Å². The van der Waals surface area contributed by atoms with Crippen LogP contribution in [-0.2, 0) is 19.2 Å². The number of rotatable bonds is 6. The van der Waals surface area contributed by atoms with E-state index in [-0.39, 0.29) is 12.8 Å². The van der Waals surface area contributed by atoms with Crippen molar-refractivity contribution >= 4 is 23.9 Å². The lowest BCUT2D eigenvalue weighted by atomic mass is 9.69. The number of hydrogen-bond donors (Lipinski definition) is 4. The van der Waals surface area contributed by atoms with Crippen molar-refractivity contribution in [1.29, 1.82) is 0 Å². The van der Waals surface area contributed by atoms with Crippen LogP contribution in [0.5, 0.6) is 0 Å². The lowest BCUT2D eigenvalue weighted by molar-refractivity contribution is -0.166. The summed E-state index contributed by atoms with van der Waals surface area (Å²) in [6.07, 6.45) is 3.12. The Morgan fingerprint density at radius 2 is 0.950 bits per heavy atom. The molecule has 0 saturated carbocycles. The monoisotopic (exact) mass is 286 g/mol. The maximum Gasteiger partial charge on any atom is 0.318 e. The highest BCUT2D eigenvalue weighted by atomic mass is 16.4. The maximum absolute atomic E-state index is 11.0. The average Bonchev–Trinajstić information content (AvgIpc) is 2.29. The topological polar surface area (TPSA) is 149 Å². The van der Waals surface area contributed by atoms with E-state index in [2.05, 4.69) is 0 Å². The molecule has 2 unspecified atom stereocenters. The molecule has 0 saturated heterocycles. The van der Waals surface area contributed by atoms with Gasteiger partial charge in [0.1, 0.15) is 0 Å². The Hall–Kier alpha value is -2.38. The molecule has 0 amide bonds. The van der Waals surface area contributed by atoms with Crippen LogP contribution in [0.3, 0.4) is 0 Å². The maximum atomic E-state index is 11.0. The third-order valence-corrected chi connectivity index (χ3v) is 3.45. The largest absolute Gasteiger partial charge is 0.481 e. The first-order valence-corrected chi connectivity index (χ1v) is 5.83. The van der Waals surface area contributed by atoms with Crippen molar-refractivity contribution in [3.05, 3.63) is 12.2 Å². The van der Waals surface area contributed by atoms with Crippen LogP contribution in [0.2, 0.25) is 0 Å². The molecule has 0 aromatic carbocycles. The molecule has 20 heavy (non-hydrogen) atoms. The van der Waals surface area contributed by atoms with E-state index < -0.39 is 47.5 Å². The number of aliphatic carboxylic acids is 4. The number of carbonyl (C=O) groups is 4. The first-order chi connectivity index (χ1) is 9.27. The molecular formula is C12H14O8. The smallest absolute Gasteiger partial charge is 0.318 e. The summed E-state index contributed by atoms with van der Waals surface area (Å²) in [5.41, 5.74) is 0. The highest BCUT2D eigenvalue weighted by Gasteiger charge is 2.46. The van der Waals surface area contributed by atoms with Gasteiger partial charge < -0.3 is 20.4 Å². The van der Waals surface area contributed by atoms with Gasteiger partial charge in [0.05, 0.1) is 0 Å². The van der Waals surface area contributed by atoms with Gasteiger partial charge in [0.2, 0.25) is 0 Å². The van der Waals surface area contributed by atoms with Gasteiger partial charge in [-0.05, 0) is 24.7 Å². The second kappa shape index (κ2) is 6.18. The van der Waals surface area contributed by atoms with E-state index in [9.17, 15) is 19.2 Å². The average molecular weight is 286 g/mol. The molecule has 1 aliphatic carbocycles. The zero-order chi connectivity index (χ0) is 15.4. The van der Waals surface area contributed by atoms with Gasteiger partial charge >= 0.3 is 23.9 Å². The minimum absolute atomic E-state index is 0.0188. The number of carboxylic acid groups (broad SMARTS) is 4. The van der Waals surface area contributed by atoms with Gasteiger partial charge in [-0.25, -0.2) is 0 Å². The molecule has 0 heterocycles. The van der Waals surface area contributed by atoms with Crippen LogP contribution < -0.4 is 0 Å². The standard InChI is InChI=1S/C12H14O8/c13-9(14)7(10(15)16)5-3-1-2-4-6(5)8(11(17)18)12(19)20/h1-2,5-8H,3-4H2,(H,13,14)(H,15,16)(H,17,18)(H,19,20). The second-order valence-electron chi connectivity index (χ2n) is 4.58. The van der Waals surface area contributed by atoms with Gasteiger partial charge in [0, 0.05) is 0 Å². The number of carboxylic acids is 4. The Morgan fingerprint density at radius 1 is 0.700 bits per heavy atom. The van der Waals surface area contributed by atoms with E-state index in [1.54, 1.807) is 12.2 Å². The summed E-state index contributed by atoms with van der Waals surface area (Å²) in [4.78, 5) is 44.2. The fourth-order valence-corrected chi connectivity index (χ4v) is 2.57. The minimum atomic E-state index is -1.83. The predicted octanol–water partition coefficient (Wildman–Crippen LogP) is 0.140. The summed E-state index contributed by atoms with van der Waals surface area (Å²) in [6.45, 7) is 0. The van der Waals surface area contributed by atoms with Crippen LogP contribution in [0.1, 0.15) is 12.8 Å². The molecule has 0 spiro atoms. The molecule has 8 heteroatoms. The molecule has 1 aliphatic rings. The van der Waals surface area contributed by atoms with Crippen molar-refractivity contribution in [2.24, 2.45) is 23.7 Å². The molecule has 0 aliphatic heterocycles. The molecule has 0 aromatic rings. The van der Waals surface area contributed by atoms with Gasteiger partial charge in [-0.1, -0.05) is 12.2 Å². The lowest BCUT2D eigenvalue weighted by Gasteiger charge is -2.33. The molecule has 0 fully saturated rings. The van der Waals surface area contributed by atoms with E-state index in [4.69, 9.17) is 20.4 Å². The zero-order valence-electron chi connectivity index (χ0n) is 10.3. The summed E-state index contributed by atoms with van der Waals surface area (Å²) in [6, 6.07) is 0. The van der Waals surface area contributed by atoms with Gasteiger partial charge in [-0.2, -0.15) is 0 Å². The Morgan fingerprint density at radius 3 is 1.15 bits per heavy atom. The summed E-state index contributed by atoms with van der Waals surface area (Å²) < 4.78 is 0. The number of hydrogen-bond acceptors (Lipinski definition) is 4. The first-order valence-electron chi connectivity index (χ1n) is 5.83. The third-order valence-electron chi connectivity index (χ3n) is 3.45. The molecule has 4 N–H and O–H groups in total. The van der Waals surface area contributed by atoms with Gasteiger partial charge in [-0.15, -0.1) is 0 Å². The highest BCUT2D eigenvalue weighted by molar-refractivity contribution is 5.95. The molecular weight excluding hydrogens is 272 g/mol. The molecule has 1 rings (SSSR count). The SMILES string of the molecule is O=C(O)C(C(=O)O)C1CC=CCC1C(C(=O)O)C(=O)O. The van der Waals surface area contributed by atoms with Crippen molar-refractivity contribution in [3.63, 3.8) is 0 Å². The van der Waals surface area contributed by atoms with Crippen LogP contribution >= 0.6 is 0 Å². The molecule has 0 bridgehead atoms. The molecule has 110 valence electrons. The van der Waals surface area contributed by atoms with E-state index >= 15 is 0 Å². The van der Waals surface area contributed by atoms with E-state index in [0.29, 0.717) is 0 Å². The van der Waals surface area contributed by atoms with Crippen LogP contribution in [0.25, 0.3) is 0 Å². The summed E-state index contributed by atoms with van der Waals surface area (Å²) >= 11 is 0. The Labute approximate surface area is 113 Å². The lowest BCUT2D eigenvalue weighted by Crippen LogP contribution is -2.43. The van der Waals surface area contributed by atoms with E-state index in [1.165, 1.54) is 0 Å². The Kier molecular flexibility index (Phi) is 4.84. The number of allylic oxidation sites excluding steroid dienone is 2. The van der Waals surface area contributed by atoms with Crippen molar-refractivity contribution in [1.82, 2.24) is 0 Å². The van der Waals surface area contributed by atoms with Crippen molar-refractivity contribution in [2.45, 2.75) is 12.8 Å². The van der Waals surface area contributed by atoms with Gasteiger partial charge in [-0.3, -0.25) is 19.2 Å². The first kappa shape index (κ1) is 15.7. The Bertz CT molecular complexity index is 396. The second-order valence-corrected chi connectivity index (χ2v) is 4.58. The minimum Gasteiger partial charge on any atom is -0.481 e. The highest BCUT2D eigenvalue weighted by Crippen LogP contribution is 2.37. The zero-order valence-corrected chi connectivity index (χ0v) is 10.3. The molecule has 8 nitrogen and oxygen atoms in total. The Balaban J connectivity index is 3.17. The van der Waals surface area contributed by atoms with Gasteiger partial charge in [0.25, 0.3) is 0 Å². The summed E-state index contributed by atoms with van der Waals surface area (Å²) in [7, 11) is 0. The van der Waals surface area contributed by atoms with Crippen molar-refractivity contribution in [2.75, 3.05) is 0 Å². The predicted molar refractivity (Wildman–Crippen MR) is 62.9 cm³/mol. The molecule has 0 aromatic heterocycles. The van der Waals surface area contributed by atoms with Crippen LogP contribution in [-0.4, -0.2) is 44.3 Å². The molecule has 0 radical (unpaired) electrons. The van der Waals surface area contributed by atoms with Crippen molar-refractivity contribution < 1.29 is 39.6 Å².